The molecule has 798 valence electrons. The Hall–Kier alpha value is -11.2. The van der Waals surface area contributed by atoms with Crippen molar-refractivity contribution < 1.29 is 78.9 Å². The smallest absolute Gasteiger partial charge is 0.285 e. The first-order valence-electron chi connectivity index (χ1n) is 54.7. The lowest BCUT2D eigenvalue weighted by molar-refractivity contribution is -0.524. The van der Waals surface area contributed by atoms with E-state index in [0.717, 1.165) is 176 Å². The van der Waals surface area contributed by atoms with Crippen molar-refractivity contribution in [1.82, 2.24) is 20.0 Å². The lowest BCUT2D eigenvalue weighted by atomic mass is 9.68. The Bertz CT molecular complexity index is 6690. The molecule has 28 nitrogen and oxygen atoms in total. The number of ketones is 3. The van der Waals surface area contributed by atoms with Gasteiger partial charge in [0.2, 0.25) is 11.8 Å². The van der Waals surface area contributed by atoms with Crippen LogP contribution in [0, 0.1) is 76.0 Å². The number of hydrogen-bond acceptors (Lipinski definition) is 23. The van der Waals surface area contributed by atoms with E-state index in [-0.39, 0.29) is 118 Å². The fraction of sp³-hybridized carbons (Fsp3) is 0.538. The van der Waals surface area contributed by atoms with Crippen LogP contribution in [0.15, 0.2) is 181 Å². The summed E-state index contributed by atoms with van der Waals surface area (Å²) in [5.41, 5.74) is 16.2. The summed E-state index contributed by atoms with van der Waals surface area (Å²) in [6.45, 7) is 19.4. The molecule has 0 saturated heterocycles. The maximum atomic E-state index is 14.4. The fourth-order valence-electron chi connectivity index (χ4n) is 25.4. The zero-order valence-electron chi connectivity index (χ0n) is 88.8. The van der Waals surface area contributed by atoms with E-state index in [0.29, 0.717) is 135 Å². The molecule has 1 unspecified atom stereocenters. The highest BCUT2D eigenvalue weighted by molar-refractivity contribution is 7.95. The van der Waals surface area contributed by atoms with E-state index < -0.39 is 46.9 Å². The maximum absolute atomic E-state index is 14.4. The first-order valence-corrected chi connectivity index (χ1v) is 60.2. The van der Waals surface area contributed by atoms with Crippen LogP contribution in [0.5, 0.6) is 17.2 Å². The number of hydrogen-bond donors (Lipinski definition) is 0. The topological polar surface area (TPSA) is 328 Å². The van der Waals surface area contributed by atoms with Crippen molar-refractivity contribution in [2.24, 2.45) is 59.6 Å². The Balaban J connectivity index is 0.000000141. The van der Waals surface area contributed by atoms with Crippen molar-refractivity contribution in [2.75, 3.05) is 136 Å². The third-order valence-electron chi connectivity index (χ3n) is 33.8. The molecule has 2 aromatic heterocycles. The summed E-state index contributed by atoms with van der Waals surface area (Å²) >= 11 is 0. The number of aryl methyl sites for hydroxylation is 10. The molecule has 3 saturated carbocycles. The Morgan fingerprint density at radius 3 is 1.19 bits per heavy atom. The number of ether oxygens (including phenoxy) is 6. The molecular formula is C119H149N12O16S3+. The second-order valence-electron chi connectivity index (χ2n) is 44.8. The molecule has 13 aliphatic rings. The highest BCUT2D eigenvalue weighted by atomic mass is 32.2. The number of rotatable bonds is 18. The van der Waals surface area contributed by atoms with Gasteiger partial charge in [-0.2, -0.15) is 18.2 Å². The molecule has 8 aromatic rings. The SMILES string of the molecule is CO[C@H]1/C=C/CCC[S@@](=O)(CC(=O)CC[N+]2=CC(C)C=N2)=NC(=O)c2ccc3c(c2)N(C[C@@H]2CC[C@H]21)C[C@@]1(CCCc2cc(C)ccc21)CO3.CO[C@H]1/C=C/CCC[S@@](=O)(CC(=O)CCc2nnc(C)o2)=NC(=O)c2ccc3c(c2)N(C[C@@H]2CC[C@H]21)C[C@@]1(CCCc2cc(C)ccc21)CO3.CO[C@H]1/C=C/CCC[S@@](=O)(CC(=O)CCn2ccc(C)n2)=NC(=O)c2ccc3c(c2)N(C[C@@H]2CC[C@H]21)C[C@@]1(CCCc2cc(C)ccc21)CO3. The van der Waals surface area contributed by atoms with Crippen molar-refractivity contribution in [2.45, 2.75) is 243 Å². The number of anilines is 3. The van der Waals surface area contributed by atoms with Crippen molar-refractivity contribution in [1.29, 1.82) is 0 Å². The highest BCUT2D eigenvalue weighted by Crippen LogP contribution is 2.53. The van der Waals surface area contributed by atoms with Crippen molar-refractivity contribution >= 4 is 93.7 Å². The van der Waals surface area contributed by atoms with E-state index >= 15 is 0 Å². The number of benzene rings is 6. The number of fused-ring (bicyclic) bond motifs is 12. The molecule has 21 rings (SSSR count). The minimum Gasteiger partial charge on any atom is -0.490 e. The first-order chi connectivity index (χ1) is 72.4. The van der Waals surface area contributed by atoms with Crippen LogP contribution >= 0.6 is 0 Å². The molecule has 6 aromatic carbocycles. The van der Waals surface area contributed by atoms with Gasteiger partial charge in [-0.25, -0.2) is 12.6 Å². The van der Waals surface area contributed by atoms with Crippen LogP contribution in [0.1, 0.15) is 240 Å². The number of aromatic nitrogens is 4. The van der Waals surface area contributed by atoms with Crippen LogP contribution in [0.2, 0.25) is 0 Å². The van der Waals surface area contributed by atoms with Gasteiger partial charge in [0.25, 0.3) is 17.7 Å². The summed E-state index contributed by atoms with van der Waals surface area (Å²) < 4.78 is 103. The van der Waals surface area contributed by atoms with Crippen LogP contribution in [-0.2, 0) is 106 Å². The van der Waals surface area contributed by atoms with E-state index in [4.69, 9.17) is 32.8 Å². The Labute approximate surface area is 885 Å². The molecule has 6 bridgehead atoms. The molecule has 150 heavy (non-hydrogen) atoms. The molecule has 3 spiro atoms. The lowest BCUT2D eigenvalue weighted by Gasteiger charge is -2.46. The second-order valence-corrected chi connectivity index (χ2v) is 52.1. The van der Waals surface area contributed by atoms with Gasteiger partial charge < -0.3 is 47.5 Å². The molecule has 9 heterocycles. The molecule has 6 aliphatic carbocycles. The summed E-state index contributed by atoms with van der Waals surface area (Å²) in [5, 5.41) is 16.4. The van der Waals surface area contributed by atoms with E-state index in [9.17, 15) is 41.4 Å². The number of carbonyl (C=O) groups is 6. The summed E-state index contributed by atoms with van der Waals surface area (Å²) in [6.07, 6.45) is 38.9. The highest BCUT2D eigenvalue weighted by Gasteiger charge is 2.50. The minimum atomic E-state index is -3.19. The predicted octanol–water partition coefficient (Wildman–Crippen LogP) is 19.1. The standard InChI is InChI=1S/C40H50N4O5S.C40H51N4O5S.C39H48N4O6S/c1-28-10-14-35-30(22-28)8-7-18-40(35)26-43-24-32-11-13-34(32)37(48-3)9-5-4-6-21-50(47,25-33(45)17-20-44-19-16-29(2)41-44)42-39(46)31-12-15-38(49-27-40)36(43)23-31;1-28-10-14-35-30(20-28)8-7-17-40(35)26-43-24-32-11-13-34(32)37(48-3)9-5-4-6-19-50(47,25-33(45)16-18-44-23-29(2)22-41-44)42-39(46)31-12-15-38(49-27-40)36(43)21-31;1-26-10-15-33-28(20-26)8-7-18-39(33)24-43-22-30-11-14-32(30)35(47-3)9-5-4-6-19-50(46,23-31(44)13-17-37-41-40-27(2)49-37)42-38(45)29-12-16-36(48-25-39)34(43)21-29/h5,9-10,12,14-16,19,22-23,32,34,37H,4,6-8,11,13,17-18,20-21,24-27H2,1-3H3;5,9-10,12,14-15,20-23,29,32,34,37H,4,6-8,11,13,16-19,24-27H2,1-3H3;5,9-10,12,15-16,20-21,30,32,35H,4,6-8,11,13-14,17-19,22-25H2,1-3H3/q;+1;/b3*9-5+/t32-,34+,37-,40-,50+;29?,32-,34+,37-,40-,50+;30-,32+,35-,39-,50+/m000/s1. The van der Waals surface area contributed by atoms with Gasteiger partial charge in [-0.15, -0.1) is 10.2 Å². The van der Waals surface area contributed by atoms with E-state index in [1.807, 2.05) is 74.9 Å². The fourth-order valence-corrected chi connectivity index (χ4v) is 31.4. The zero-order chi connectivity index (χ0) is 105. The van der Waals surface area contributed by atoms with Gasteiger partial charge in [-0.05, 0) is 304 Å². The molecule has 3 fully saturated rings. The van der Waals surface area contributed by atoms with Crippen LogP contribution < -0.4 is 28.9 Å². The van der Waals surface area contributed by atoms with Gasteiger partial charge in [0.1, 0.15) is 28.8 Å². The Morgan fingerprint density at radius 2 is 0.847 bits per heavy atom. The van der Waals surface area contributed by atoms with E-state index in [1.54, 1.807) is 55.8 Å². The first kappa shape index (κ1) is 107. The number of Topliss-reactive ketones (excluding diaryl/α,β-unsaturated/α-hetero) is 3. The number of nitrogens with zero attached hydrogens (tertiary/aromatic N) is 12. The number of allylic oxidation sites excluding steroid dienone is 3. The summed E-state index contributed by atoms with van der Waals surface area (Å²) in [6, 6.07) is 38.9. The molecule has 0 radical (unpaired) electrons. The summed E-state index contributed by atoms with van der Waals surface area (Å²) in [7, 11) is -4.15. The van der Waals surface area contributed by atoms with Gasteiger partial charge in [-0.3, -0.25) is 33.4 Å². The Morgan fingerprint density at radius 1 is 0.460 bits per heavy atom. The second kappa shape index (κ2) is 46.8. The predicted molar refractivity (Wildman–Crippen MR) is 587 cm³/mol. The van der Waals surface area contributed by atoms with E-state index in [2.05, 4.69) is 160 Å². The average molecular weight is 2100 g/mol. The van der Waals surface area contributed by atoms with Crippen LogP contribution in [0.25, 0.3) is 0 Å². The quantitative estimate of drug-likeness (QED) is 0.0569. The van der Waals surface area contributed by atoms with Crippen molar-refractivity contribution in [3.8, 4) is 17.2 Å². The van der Waals surface area contributed by atoms with Gasteiger partial charge in [-0.1, -0.05) is 112 Å². The van der Waals surface area contributed by atoms with Gasteiger partial charge in [0, 0.05) is 150 Å². The lowest BCUT2D eigenvalue weighted by Crippen LogP contribution is -2.49. The van der Waals surface area contributed by atoms with Gasteiger partial charge in [0.15, 0.2) is 18.5 Å². The molecule has 0 N–H and O–H groups in total. The van der Waals surface area contributed by atoms with Crippen molar-refractivity contribution in [3.05, 3.63) is 242 Å². The maximum Gasteiger partial charge on any atom is 0.285 e. The van der Waals surface area contributed by atoms with E-state index in [1.165, 1.54) is 50.1 Å². The third kappa shape index (κ3) is 24.8. The molecular weight excluding hydrogens is 1950 g/mol. The number of methoxy groups -OCH3 is 3. The molecule has 3 amide bonds. The molecule has 31 heteroatoms. The average Bonchev–Trinajstić information content (AvgIpc) is 1.55. The summed E-state index contributed by atoms with van der Waals surface area (Å²) in [4.78, 5) is 88.5. The molecule has 7 aliphatic heterocycles. The molecule has 16 atom stereocenters. The number of hydrazone groups is 1. The van der Waals surface area contributed by atoms with Crippen LogP contribution in [-0.4, -0.2) is 225 Å². The summed E-state index contributed by atoms with van der Waals surface area (Å²) in [5.74, 6) is 3.07. The van der Waals surface area contributed by atoms with Crippen LogP contribution in [0.3, 0.4) is 0 Å². The van der Waals surface area contributed by atoms with Gasteiger partial charge in [0.05, 0.1) is 126 Å². The Kier molecular flexibility index (Phi) is 33.4. The zero-order valence-corrected chi connectivity index (χ0v) is 91.2. The largest absolute Gasteiger partial charge is 0.490 e. The van der Waals surface area contributed by atoms with Crippen molar-refractivity contribution in [3.63, 3.8) is 0 Å². The number of carbonyl (C=O) groups excluding carboxylic acids is 6. The van der Waals surface area contributed by atoms with Crippen LogP contribution in [0.4, 0.5) is 17.1 Å². The monoisotopic (exact) mass is 2100 g/mol. The third-order valence-corrected chi connectivity index (χ3v) is 40.3. The minimum absolute atomic E-state index is 0.00648. The normalized spacial score (nSPS) is 29.6. The van der Waals surface area contributed by atoms with Gasteiger partial charge >= 0.3 is 0 Å². The number of amides is 3.